The van der Waals surface area contributed by atoms with Gasteiger partial charge >= 0.3 is 17.9 Å². The first kappa shape index (κ1) is 22.7. The largest absolute Gasteiger partial charge is 0.456 e. The fourth-order valence-corrected chi connectivity index (χ4v) is 3.63. The average Bonchev–Trinajstić information content (AvgIpc) is 3.20. The van der Waals surface area contributed by atoms with Crippen LogP contribution in [-0.4, -0.2) is 68.0 Å². The van der Waals surface area contributed by atoms with Gasteiger partial charge in [0.2, 0.25) is 5.95 Å². The van der Waals surface area contributed by atoms with Crippen LogP contribution in [0.15, 0.2) is 6.33 Å². The van der Waals surface area contributed by atoms with E-state index in [2.05, 4.69) is 32.9 Å². The van der Waals surface area contributed by atoms with E-state index in [9.17, 15) is 14.4 Å². The van der Waals surface area contributed by atoms with E-state index in [0.29, 0.717) is 12.5 Å². The molecule has 2 aromatic heterocycles. The molecule has 31 heavy (non-hydrogen) atoms. The summed E-state index contributed by atoms with van der Waals surface area (Å²) in [6.07, 6.45) is -2.30. The molecule has 0 aliphatic carbocycles. The van der Waals surface area contributed by atoms with Crippen LogP contribution in [0.2, 0.25) is 0 Å². The summed E-state index contributed by atoms with van der Waals surface area (Å²) in [7, 11) is 0. The Morgan fingerprint density at radius 3 is 2.39 bits per heavy atom. The van der Waals surface area contributed by atoms with Crippen LogP contribution in [0.25, 0.3) is 11.2 Å². The molecule has 168 valence electrons. The van der Waals surface area contributed by atoms with Crippen molar-refractivity contribution in [1.82, 2.24) is 19.5 Å². The Bertz CT molecular complexity index is 997. The highest BCUT2D eigenvalue weighted by Gasteiger charge is 2.50. The predicted molar refractivity (Wildman–Crippen MR) is 110 cm³/mol. The van der Waals surface area contributed by atoms with E-state index < -0.39 is 42.4 Å². The van der Waals surface area contributed by atoms with E-state index in [-0.39, 0.29) is 22.8 Å². The second-order valence-corrected chi connectivity index (χ2v) is 7.04. The van der Waals surface area contributed by atoms with Gasteiger partial charge in [0.25, 0.3) is 5.88 Å². The summed E-state index contributed by atoms with van der Waals surface area (Å²) >= 11 is 4.28. The Morgan fingerprint density at radius 1 is 1.13 bits per heavy atom. The van der Waals surface area contributed by atoms with Gasteiger partial charge in [0.05, 0.1) is 0 Å². The van der Waals surface area contributed by atoms with Crippen LogP contribution in [0.3, 0.4) is 0 Å². The number of fused-ring (bicyclic) bond motifs is 1. The molecular weight excluding hydrogens is 430 g/mol. The standard InChI is InChI=1S/C18H23N5O7S/c1-5-19-18-22-12-15(20-7-21-16(12)29-10(4)26)23(18)17-14(28-9(3)25)13(27-8(2)24)11(6-31)30-17/h7,11,13-14,17,31H,5-6H2,1-4H3,(H,19,22)/t11-,13-,14-,17-/m1/s1. The Labute approximate surface area is 183 Å². The van der Waals surface area contributed by atoms with Gasteiger partial charge in [-0.3, -0.25) is 19.0 Å². The summed E-state index contributed by atoms with van der Waals surface area (Å²) in [4.78, 5) is 47.6. The normalized spacial score (nSPS) is 22.9. The number of hydrogen-bond acceptors (Lipinski definition) is 12. The monoisotopic (exact) mass is 453 g/mol. The number of aromatic nitrogens is 4. The van der Waals surface area contributed by atoms with Crippen molar-refractivity contribution in [1.29, 1.82) is 0 Å². The third kappa shape index (κ3) is 4.71. The van der Waals surface area contributed by atoms with Crippen LogP contribution in [0.1, 0.15) is 33.9 Å². The molecule has 0 radical (unpaired) electrons. The molecule has 0 aromatic carbocycles. The number of rotatable bonds is 7. The number of imidazole rings is 1. The summed E-state index contributed by atoms with van der Waals surface area (Å²) in [5, 5.41) is 3.08. The Balaban J connectivity index is 2.16. The maximum Gasteiger partial charge on any atom is 0.309 e. The second kappa shape index (κ2) is 9.47. The Hall–Kier alpha value is -2.93. The molecule has 0 saturated carbocycles. The van der Waals surface area contributed by atoms with Crippen molar-refractivity contribution in [2.75, 3.05) is 17.6 Å². The number of esters is 3. The number of carbonyl (C=O) groups excluding carboxylic acids is 3. The lowest BCUT2D eigenvalue weighted by Crippen LogP contribution is -2.39. The van der Waals surface area contributed by atoms with Gasteiger partial charge in [0.15, 0.2) is 29.6 Å². The smallest absolute Gasteiger partial charge is 0.309 e. The van der Waals surface area contributed by atoms with Crippen LogP contribution < -0.4 is 10.1 Å². The van der Waals surface area contributed by atoms with Crippen LogP contribution >= 0.6 is 12.6 Å². The third-order valence-electron chi connectivity index (χ3n) is 4.34. The molecule has 1 aliphatic heterocycles. The molecule has 2 aromatic rings. The van der Waals surface area contributed by atoms with Gasteiger partial charge in [-0.1, -0.05) is 0 Å². The lowest BCUT2D eigenvalue weighted by molar-refractivity contribution is -0.165. The van der Waals surface area contributed by atoms with Crippen LogP contribution in [0, 0.1) is 0 Å². The SMILES string of the molecule is CCNc1nc2c(OC(C)=O)ncnc2n1[C@@H]1O[C@H](CS)[C@@H](OC(C)=O)[C@H]1OC(C)=O. The lowest BCUT2D eigenvalue weighted by Gasteiger charge is -2.24. The van der Waals surface area contributed by atoms with Crippen molar-refractivity contribution in [3.63, 3.8) is 0 Å². The molecule has 0 spiro atoms. The molecular formula is C18H23N5O7S. The Morgan fingerprint density at radius 2 is 1.81 bits per heavy atom. The number of nitrogens with one attached hydrogen (secondary N) is 1. The van der Waals surface area contributed by atoms with Gasteiger partial charge in [-0.25, -0.2) is 9.97 Å². The molecule has 0 unspecified atom stereocenters. The minimum atomic E-state index is -1.000. The number of nitrogens with zero attached hydrogens (tertiary/aromatic N) is 4. The van der Waals surface area contributed by atoms with Crippen molar-refractivity contribution in [2.45, 2.75) is 52.2 Å². The first-order valence-corrected chi connectivity index (χ1v) is 10.2. The first-order chi connectivity index (χ1) is 14.8. The third-order valence-corrected chi connectivity index (χ3v) is 4.70. The zero-order valence-corrected chi connectivity index (χ0v) is 18.3. The molecule has 1 fully saturated rings. The van der Waals surface area contributed by atoms with Crippen LogP contribution in [0.4, 0.5) is 5.95 Å². The quantitative estimate of drug-likeness (QED) is 0.455. The van der Waals surface area contributed by atoms with Crippen molar-refractivity contribution in [3.8, 4) is 5.88 Å². The van der Waals surface area contributed by atoms with Crippen LogP contribution in [-0.2, 0) is 28.6 Å². The van der Waals surface area contributed by atoms with Gasteiger partial charge in [0, 0.05) is 33.1 Å². The maximum atomic E-state index is 11.8. The van der Waals surface area contributed by atoms with E-state index in [1.165, 1.54) is 27.1 Å². The molecule has 1 aliphatic rings. The summed E-state index contributed by atoms with van der Waals surface area (Å²) in [5.74, 6) is -1.22. The summed E-state index contributed by atoms with van der Waals surface area (Å²) in [6.45, 7) is 6.10. The maximum absolute atomic E-state index is 11.8. The molecule has 0 amide bonds. The molecule has 13 heteroatoms. The van der Waals surface area contributed by atoms with E-state index in [1.54, 1.807) is 4.57 Å². The summed E-state index contributed by atoms with van der Waals surface area (Å²) < 4.78 is 23.7. The minimum absolute atomic E-state index is 0.0280. The molecule has 0 bridgehead atoms. The zero-order valence-electron chi connectivity index (χ0n) is 17.4. The summed E-state index contributed by atoms with van der Waals surface area (Å²) in [6, 6.07) is 0. The van der Waals surface area contributed by atoms with Gasteiger partial charge in [0.1, 0.15) is 12.4 Å². The van der Waals surface area contributed by atoms with E-state index in [0.717, 1.165) is 0 Å². The predicted octanol–water partition coefficient (Wildman–Crippen LogP) is 0.874. The van der Waals surface area contributed by atoms with Gasteiger partial charge in [-0.2, -0.15) is 17.6 Å². The highest BCUT2D eigenvalue weighted by Crippen LogP contribution is 2.39. The van der Waals surface area contributed by atoms with Crippen molar-refractivity contribution < 1.29 is 33.3 Å². The van der Waals surface area contributed by atoms with Crippen molar-refractivity contribution in [2.24, 2.45) is 0 Å². The molecule has 1 saturated heterocycles. The van der Waals surface area contributed by atoms with E-state index in [1.807, 2.05) is 6.92 Å². The van der Waals surface area contributed by atoms with Crippen LogP contribution in [0.5, 0.6) is 5.88 Å². The number of thiol groups is 1. The van der Waals surface area contributed by atoms with E-state index >= 15 is 0 Å². The van der Waals surface area contributed by atoms with Gasteiger partial charge < -0.3 is 24.3 Å². The second-order valence-electron chi connectivity index (χ2n) is 6.68. The molecule has 12 nitrogen and oxygen atoms in total. The molecule has 3 heterocycles. The zero-order chi connectivity index (χ0) is 22.7. The van der Waals surface area contributed by atoms with E-state index in [4.69, 9.17) is 18.9 Å². The number of hydrogen-bond donors (Lipinski definition) is 2. The highest BCUT2D eigenvalue weighted by molar-refractivity contribution is 7.80. The average molecular weight is 453 g/mol. The Kier molecular flexibility index (Phi) is 6.95. The van der Waals surface area contributed by atoms with Gasteiger partial charge in [-0.15, -0.1) is 0 Å². The van der Waals surface area contributed by atoms with Gasteiger partial charge in [-0.05, 0) is 6.92 Å². The van der Waals surface area contributed by atoms with Crippen molar-refractivity contribution in [3.05, 3.63) is 6.33 Å². The molecule has 4 atom stereocenters. The molecule has 1 N–H and O–H groups in total. The topological polar surface area (TPSA) is 144 Å². The lowest BCUT2D eigenvalue weighted by atomic mass is 10.1. The fourth-order valence-electron chi connectivity index (χ4n) is 3.34. The summed E-state index contributed by atoms with van der Waals surface area (Å²) in [5.41, 5.74) is 0.475. The fraction of sp³-hybridized carbons (Fsp3) is 0.556. The molecule has 3 rings (SSSR count). The number of anilines is 1. The minimum Gasteiger partial charge on any atom is -0.456 e. The number of ether oxygens (including phenoxy) is 4. The van der Waals surface area contributed by atoms with Crippen molar-refractivity contribution >= 4 is 47.6 Å². The first-order valence-electron chi connectivity index (χ1n) is 9.52. The number of carbonyl (C=O) groups is 3. The highest BCUT2D eigenvalue weighted by atomic mass is 32.1.